The number of sulfonamides is 1. The lowest BCUT2D eigenvalue weighted by Gasteiger charge is -2.05. The average molecular weight is 326 g/mol. The summed E-state index contributed by atoms with van der Waals surface area (Å²) in [5.41, 5.74) is 0. The molecule has 0 amide bonds. The number of hydrogen-bond donors (Lipinski definition) is 1. The van der Waals surface area contributed by atoms with Gasteiger partial charge in [-0.05, 0) is 30.4 Å². The lowest BCUT2D eigenvalue weighted by atomic mass is 10.4. The van der Waals surface area contributed by atoms with E-state index in [1.807, 2.05) is 17.5 Å². The molecule has 1 aliphatic carbocycles. The van der Waals surface area contributed by atoms with Crippen LogP contribution in [0.2, 0.25) is 0 Å². The van der Waals surface area contributed by atoms with Crippen molar-refractivity contribution in [2.75, 3.05) is 0 Å². The monoisotopic (exact) mass is 326 g/mol. The maximum absolute atomic E-state index is 11.6. The second-order valence-corrected chi connectivity index (χ2v) is 8.20. The summed E-state index contributed by atoms with van der Waals surface area (Å²) < 4.78 is 27.2. The van der Waals surface area contributed by atoms with Crippen LogP contribution in [0.5, 0.6) is 0 Å². The third-order valence-electron chi connectivity index (χ3n) is 3.19. The smallest absolute Gasteiger partial charge is 0.273 e. The summed E-state index contributed by atoms with van der Waals surface area (Å²) in [5.74, 6) is 0.602. The van der Waals surface area contributed by atoms with Crippen molar-refractivity contribution in [2.24, 2.45) is 5.14 Å². The highest BCUT2D eigenvalue weighted by Crippen LogP contribution is 2.42. The molecule has 1 saturated carbocycles. The molecule has 6 nitrogen and oxygen atoms in total. The van der Waals surface area contributed by atoms with Crippen LogP contribution in [0.4, 0.5) is 0 Å². The van der Waals surface area contributed by atoms with E-state index in [9.17, 15) is 8.42 Å². The summed E-state index contributed by atoms with van der Waals surface area (Å²) in [6.07, 6.45) is 1.88. The van der Waals surface area contributed by atoms with Crippen molar-refractivity contribution < 1.29 is 8.42 Å². The molecule has 0 spiro atoms. The van der Waals surface area contributed by atoms with Crippen molar-refractivity contribution >= 4 is 42.1 Å². The summed E-state index contributed by atoms with van der Waals surface area (Å²) >= 11 is 3.25. The molecular formula is C11H10N4O2S3. The van der Waals surface area contributed by atoms with Crippen molar-refractivity contribution in [1.29, 1.82) is 0 Å². The zero-order chi connectivity index (χ0) is 13.9. The zero-order valence-corrected chi connectivity index (χ0v) is 12.6. The Hall–Kier alpha value is -1.29. The first-order valence-corrected chi connectivity index (χ1v) is 9.23. The second kappa shape index (κ2) is 4.10. The van der Waals surface area contributed by atoms with Crippen molar-refractivity contribution in [3.8, 4) is 10.7 Å². The molecule has 1 aliphatic rings. The van der Waals surface area contributed by atoms with E-state index in [1.165, 1.54) is 9.40 Å². The molecule has 3 heterocycles. The lowest BCUT2D eigenvalue weighted by Crippen LogP contribution is -2.18. The third kappa shape index (κ3) is 1.89. The van der Waals surface area contributed by atoms with E-state index >= 15 is 0 Å². The normalized spacial score (nSPS) is 16.1. The molecular weight excluding hydrogens is 316 g/mol. The number of primary sulfonamides is 1. The molecule has 0 saturated heterocycles. The number of nitrogens with zero attached hydrogens (tertiary/aromatic N) is 3. The van der Waals surface area contributed by atoms with Gasteiger partial charge in [-0.1, -0.05) is 0 Å². The van der Waals surface area contributed by atoms with E-state index in [1.54, 1.807) is 27.2 Å². The zero-order valence-electron chi connectivity index (χ0n) is 10.2. The third-order valence-corrected chi connectivity index (χ3v) is 6.07. The van der Waals surface area contributed by atoms with Crippen LogP contribution in [-0.4, -0.2) is 23.2 Å². The van der Waals surface area contributed by atoms with Gasteiger partial charge in [-0.2, -0.15) is 0 Å². The van der Waals surface area contributed by atoms with Gasteiger partial charge >= 0.3 is 0 Å². The Labute approximate surface area is 122 Å². The van der Waals surface area contributed by atoms with E-state index in [4.69, 9.17) is 5.14 Å². The van der Waals surface area contributed by atoms with Crippen LogP contribution in [-0.2, 0) is 10.0 Å². The fourth-order valence-corrected chi connectivity index (χ4v) is 4.93. The Bertz CT molecular complexity index is 873. The van der Waals surface area contributed by atoms with E-state index < -0.39 is 10.0 Å². The maximum atomic E-state index is 11.6. The van der Waals surface area contributed by atoms with E-state index in [0.29, 0.717) is 5.82 Å². The molecule has 3 aromatic heterocycles. The van der Waals surface area contributed by atoms with Crippen molar-refractivity contribution in [3.05, 3.63) is 17.5 Å². The molecule has 0 aromatic carbocycles. The van der Waals surface area contributed by atoms with Gasteiger partial charge in [-0.25, -0.2) is 13.6 Å². The van der Waals surface area contributed by atoms with Crippen LogP contribution in [0.25, 0.3) is 20.1 Å². The molecule has 104 valence electrons. The summed E-state index contributed by atoms with van der Waals surface area (Å²) in [6, 6.07) is 4.22. The summed E-state index contributed by atoms with van der Waals surface area (Å²) in [7, 11) is -3.85. The molecule has 0 unspecified atom stereocenters. The lowest BCUT2D eigenvalue weighted by molar-refractivity contribution is 0.567. The molecule has 9 heteroatoms. The van der Waals surface area contributed by atoms with Crippen LogP contribution in [0.15, 0.2) is 22.7 Å². The molecule has 0 radical (unpaired) electrons. The molecule has 3 aromatic rings. The largest absolute Gasteiger partial charge is 0.293 e. The molecule has 0 atom stereocenters. The fourth-order valence-electron chi connectivity index (χ4n) is 2.18. The first kappa shape index (κ1) is 12.5. The number of hydrogen-bond acceptors (Lipinski definition) is 6. The van der Waals surface area contributed by atoms with Gasteiger partial charge in [0.25, 0.3) is 15.2 Å². The Balaban J connectivity index is 1.94. The second-order valence-electron chi connectivity index (χ2n) is 4.71. The quantitative estimate of drug-likeness (QED) is 0.799. The SMILES string of the molecule is NS(=O)(=O)c1nnc(-c2cc3sccc3s2)n1C1CC1. The predicted molar refractivity (Wildman–Crippen MR) is 78.4 cm³/mol. The van der Waals surface area contributed by atoms with Gasteiger partial charge in [0.05, 0.1) is 4.88 Å². The number of nitrogens with two attached hydrogens (primary N) is 1. The topological polar surface area (TPSA) is 90.9 Å². The van der Waals surface area contributed by atoms with E-state index in [0.717, 1.165) is 17.7 Å². The van der Waals surface area contributed by atoms with E-state index in [-0.39, 0.29) is 11.2 Å². The summed E-state index contributed by atoms with van der Waals surface area (Å²) in [6.45, 7) is 0. The molecule has 20 heavy (non-hydrogen) atoms. The first-order chi connectivity index (χ1) is 9.54. The van der Waals surface area contributed by atoms with Gasteiger partial charge in [-0.3, -0.25) is 4.57 Å². The Morgan fingerprint density at radius 2 is 2.10 bits per heavy atom. The van der Waals surface area contributed by atoms with E-state index in [2.05, 4.69) is 10.2 Å². The number of fused-ring (bicyclic) bond motifs is 1. The molecule has 1 fully saturated rings. The predicted octanol–water partition coefficient (Wildman–Crippen LogP) is 2.20. The number of thiophene rings is 2. The van der Waals surface area contributed by atoms with Crippen LogP contribution in [0.1, 0.15) is 18.9 Å². The Morgan fingerprint density at radius 1 is 1.30 bits per heavy atom. The maximum Gasteiger partial charge on any atom is 0.273 e. The molecule has 4 rings (SSSR count). The van der Waals surface area contributed by atoms with Gasteiger partial charge in [0.2, 0.25) is 0 Å². The fraction of sp³-hybridized carbons (Fsp3) is 0.273. The Morgan fingerprint density at radius 3 is 2.75 bits per heavy atom. The van der Waals surface area contributed by atoms with Crippen molar-refractivity contribution in [1.82, 2.24) is 14.8 Å². The number of rotatable bonds is 3. The minimum atomic E-state index is -3.85. The molecule has 2 N–H and O–H groups in total. The highest BCUT2D eigenvalue weighted by molar-refractivity contribution is 7.89. The van der Waals surface area contributed by atoms with Gasteiger partial charge in [-0.15, -0.1) is 32.9 Å². The number of aromatic nitrogens is 3. The highest BCUT2D eigenvalue weighted by Gasteiger charge is 2.34. The van der Waals surface area contributed by atoms with Crippen LogP contribution < -0.4 is 5.14 Å². The standard InChI is InChI=1S/C11H10N4O2S3/c12-20(16,17)11-14-13-10(15(11)6-1-2-6)9-5-8-7(19-9)3-4-18-8/h3-6H,1-2H2,(H2,12,16,17). The minimum Gasteiger partial charge on any atom is -0.293 e. The van der Waals surface area contributed by atoms with Crippen LogP contribution in [0, 0.1) is 0 Å². The first-order valence-electron chi connectivity index (χ1n) is 5.99. The molecule has 0 aliphatic heterocycles. The van der Waals surface area contributed by atoms with Gasteiger partial charge in [0, 0.05) is 15.4 Å². The van der Waals surface area contributed by atoms with Crippen molar-refractivity contribution in [3.63, 3.8) is 0 Å². The van der Waals surface area contributed by atoms with Gasteiger partial charge < -0.3 is 0 Å². The average Bonchev–Trinajstić information content (AvgIpc) is 2.81. The van der Waals surface area contributed by atoms with Crippen LogP contribution in [0.3, 0.4) is 0 Å². The highest BCUT2D eigenvalue weighted by atomic mass is 32.2. The minimum absolute atomic E-state index is 0.133. The van der Waals surface area contributed by atoms with Crippen LogP contribution >= 0.6 is 22.7 Å². The molecule has 0 bridgehead atoms. The van der Waals surface area contributed by atoms with Crippen molar-refractivity contribution in [2.45, 2.75) is 24.0 Å². The van der Waals surface area contributed by atoms with Gasteiger partial charge in [0.15, 0.2) is 5.82 Å². The Kier molecular flexibility index (Phi) is 2.56. The van der Waals surface area contributed by atoms with Gasteiger partial charge in [0.1, 0.15) is 0 Å². The summed E-state index contributed by atoms with van der Waals surface area (Å²) in [4.78, 5) is 0.932. The summed E-state index contributed by atoms with van der Waals surface area (Å²) in [5, 5.41) is 15.0.